The number of carbonyl (C=O) groups excluding carboxylic acids is 2. The lowest BCUT2D eigenvalue weighted by molar-refractivity contribution is -0.138. The summed E-state index contributed by atoms with van der Waals surface area (Å²) >= 11 is 0. The highest BCUT2D eigenvalue weighted by Gasteiger charge is 2.21. The first kappa shape index (κ1) is 25.0. The Kier molecular flexibility index (Phi) is 9.59. The van der Waals surface area contributed by atoms with Gasteiger partial charge in [-0.05, 0) is 78.2 Å². The summed E-state index contributed by atoms with van der Waals surface area (Å²) in [5.41, 5.74) is 0.794. The molecule has 174 valence electrons. The van der Waals surface area contributed by atoms with E-state index in [2.05, 4.69) is 21.8 Å². The van der Waals surface area contributed by atoms with E-state index >= 15 is 0 Å². The lowest BCUT2D eigenvalue weighted by Crippen LogP contribution is -2.33. The largest absolute Gasteiger partial charge is 0.463 e. The van der Waals surface area contributed by atoms with Gasteiger partial charge in [0.25, 0.3) is 0 Å². The summed E-state index contributed by atoms with van der Waals surface area (Å²) in [7, 11) is 0. The summed E-state index contributed by atoms with van der Waals surface area (Å²) in [6.45, 7) is 10.3. The number of hydrogen-bond acceptors (Lipinski definition) is 5. The van der Waals surface area contributed by atoms with Crippen LogP contribution in [-0.4, -0.2) is 40.4 Å². The molecule has 0 saturated heterocycles. The Balaban J connectivity index is 1.94. The molecule has 0 atom stereocenters. The standard InChI is InChI=1S/C24H39N3O4/c1-6-18-10-12-21(13-11-18)27-16-20(26-17-27)15-19(22(28)30-7-2)9-8-14-25-23(29)31-24(3,4)5/h15-18,21H,6-14H2,1-5H3,(H,25,29)/b19-15+. The van der Waals surface area contributed by atoms with Crippen molar-refractivity contribution in [3.63, 3.8) is 0 Å². The van der Waals surface area contributed by atoms with Gasteiger partial charge >= 0.3 is 12.1 Å². The second kappa shape index (κ2) is 11.9. The Bertz CT molecular complexity index is 740. The van der Waals surface area contributed by atoms with Crippen molar-refractivity contribution < 1.29 is 19.1 Å². The zero-order valence-electron chi connectivity index (χ0n) is 19.8. The van der Waals surface area contributed by atoms with Crippen LogP contribution in [0.1, 0.15) is 91.3 Å². The van der Waals surface area contributed by atoms with Crippen molar-refractivity contribution in [1.29, 1.82) is 0 Å². The Hall–Kier alpha value is -2.31. The fourth-order valence-electron chi connectivity index (χ4n) is 3.90. The topological polar surface area (TPSA) is 82.5 Å². The lowest BCUT2D eigenvalue weighted by atomic mass is 9.84. The molecule has 1 N–H and O–H groups in total. The molecule has 0 radical (unpaired) electrons. The second-order valence-electron chi connectivity index (χ2n) is 9.25. The number of rotatable bonds is 9. The molecular formula is C24H39N3O4. The van der Waals surface area contributed by atoms with E-state index in [1.54, 1.807) is 13.0 Å². The third kappa shape index (κ3) is 8.75. The molecule has 0 aromatic carbocycles. The summed E-state index contributed by atoms with van der Waals surface area (Å²) in [6.07, 6.45) is 12.5. The lowest BCUT2D eigenvalue weighted by Gasteiger charge is -2.28. The van der Waals surface area contributed by atoms with Gasteiger partial charge in [-0.2, -0.15) is 0 Å². The Morgan fingerprint density at radius 2 is 1.94 bits per heavy atom. The molecule has 1 aromatic rings. The normalized spacial score (nSPS) is 19.7. The minimum absolute atomic E-state index is 0.321. The molecule has 0 unspecified atom stereocenters. The number of esters is 1. The maximum atomic E-state index is 12.4. The first-order valence-corrected chi connectivity index (χ1v) is 11.6. The first-order valence-electron chi connectivity index (χ1n) is 11.6. The molecule has 1 saturated carbocycles. The monoisotopic (exact) mass is 433 g/mol. The van der Waals surface area contributed by atoms with E-state index in [0.717, 1.165) is 11.6 Å². The zero-order chi connectivity index (χ0) is 22.9. The average Bonchev–Trinajstić information content (AvgIpc) is 3.17. The molecule has 0 spiro atoms. The minimum atomic E-state index is -0.533. The molecule has 31 heavy (non-hydrogen) atoms. The van der Waals surface area contributed by atoms with Crippen LogP contribution in [0.15, 0.2) is 18.1 Å². The van der Waals surface area contributed by atoms with E-state index in [1.807, 2.05) is 33.3 Å². The van der Waals surface area contributed by atoms with Gasteiger partial charge in [0.2, 0.25) is 0 Å². The van der Waals surface area contributed by atoms with Crippen LogP contribution >= 0.6 is 0 Å². The molecule has 1 fully saturated rings. The highest BCUT2D eigenvalue weighted by Crippen LogP contribution is 2.33. The number of alkyl carbamates (subject to hydrolysis) is 1. The third-order valence-corrected chi connectivity index (χ3v) is 5.59. The Morgan fingerprint density at radius 1 is 1.23 bits per heavy atom. The molecule has 1 heterocycles. The second-order valence-corrected chi connectivity index (χ2v) is 9.25. The Morgan fingerprint density at radius 3 is 2.55 bits per heavy atom. The van der Waals surface area contributed by atoms with Crippen molar-refractivity contribution in [2.75, 3.05) is 13.2 Å². The Labute approximate surface area is 186 Å². The molecule has 2 rings (SSSR count). The fraction of sp³-hybridized carbons (Fsp3) is 0.708. The number of carbonyl (C=O) groups is 2. The molecule has 1 aliphatic carbocycles. The number of amides is 1. The van der Waals surface area contributed by atoms with E-state index in [0.29, 0.717) is 37.6 Å². The predicted octanol–water partition coefficient (Wildman–Crippen LogP) is 5.28. The van der Waals surface area contributed by atoms with Gasteiger partial charge in [-0.15, -0.1) is 0 Å². The summed E-state index contributed by atoms with van der Waals surface area (Å²) < 4.78 is 12.6. The number of nitrogens with one attached hydrogen (secondary N) is 1. The molecule has 7 nitrogen and oxygen atoms in total. The van der Waals surface area contributed by atoms with Crippen LogP contribution in [0, 0.1) is 5.92 Å². The van der Waals surface area contributed by atoms with Crippen molar-refractivity contribution in [3.8, 4) is 0 Å². The first-order chi connectivity index (χ1) is 14.7. The van der Waals surface area contributed by atoms with Gasteiger partial charge in [0.05, 0.1) is 18.6 Å². The van der Waals surface area contributed by atoms with E-state index in [4.69, 9.17) is 9.47 Å². The quantitative estimate of drug-likeness (QED) is 0.326. The minimum Gasteiger partial charge on any atom is -0.463 e. The highest BCUT2D eigenvalue weighted by molar-refractivity contribution is 5.93. The summed E-state index contributed by atoms with van der Waals surface area (Å²) in [5, 5.41) is 2.72. The van der Waals surface area contributed by atoms with Crippen LogP contribution in [0.3, 0.4) is 0 Å². The zero-order valence-corrected chi connectivity index (χ0v) is 19.8. The van der Waals surface area contributed by atoms with Crippen LogP contribution in [0.2, 0.25) is 0 Å². The highest BCUT2D eigenvalue weighted by atomic mass is 16.6. The van der Waals surface area contributed by atoms with Gasteiger partial charge in [-0.3, -0.25) is 0 Å². The summed E-state index contributed by atoms with van der Waals surface area (Å²) in [4.78, 5) is 28.7. The van der Waals surface area contributed by atoms with Gasteiger partial charge in [0.1, 0.15) is 5.60 Å². The number of aromatic nitrogens is 2. The van der Waals surface area contributed by atoms with Gasteiger partial charge in [0.15, 0.2) is 0 Å². The molecule has 1 amide bonds. The van der Waals surface area contributed by atoms with E-state index in [-0.39, 0.29) is 5.97 Å². The molecule has 0 bridgehead atoms. The van der Waals surface area contributed by atoms with Gasteiger partial charge in [-0.25, -0.2) is 14.6 Å². The molecule has 1 aromatic heterocycles. The third-order valence-electron chi connectivity index (χ3n) is 5.59. The summed E-state index contributed by atoms with van der Waals surface area (Å²) in [5.74, 6) is 0.515. The molecule has 7 heteroatoms. The fourth-order valence-corrected chi connectivity index (χ4v) is 3.90. The van der Waals surface area contributed by atoms with E-state index < -0.39 is 11.7 Å². The summed E-state index contributed by atoms with van der Waals surface area (Å²) in [6, 6.07) is 0.488. The van der Waals surface area contributed by atoms with Crippen molar-refractivity contribution >= 4 is 18.1 Å². The predicted molar refractivity (Wildman–Crippen MR) is 122 cm³/mol. The average molecular weight is 434 g/mol. The van der Waals surface area contributed by atoms with E-state index in [9.17, 15) is 9.59 Å². The van der Waals surface area contributed by atoms with Crippen LogP contribution in [0.5, 0.6) is 0 Å². The van der Waals surface area contributed by atoms with Crippen LogP contribution in [0.25, 0.3) is 6.08 Å². The number of imidazole rings is 1. The van der Waals surface area contributed by atoms with Gasteiger partial charge < -0.3 is 19.4 Å². The van der Waals surface area contributed by atoms with Crippen molar-refractivity contribution in [3.05, 3.63) is 23.8 Å². The van der Waals surface area contributed by atoms with E-state index in [1.165, 1.54) is 32.1 Å². The number of hydrogen-bond donors (Lipinski definition) is 1. The SMILES string of the molecule is CCOC(=O)/C(=C/c1cn(C2CCC(CC)CC2)cn1)CCCNC(=O)OC(C)(C)C. The van der Waals surface area contributed by atoms with Gasteiger partial charge in [-0.1, -0.05) is 13.3 Å². The van der Waals surface area contributed by atoms with Gasteiger partial charge in [0, 0.05) is 24.4 Å². The molecule has 0 aliphatic heterocycles. The maximum Gasteiger partial charge on any atom is 0.407 e. The number of ether oxygens (including phenoxy) is 2. The van der Waals surface area contributed by atoms with Crippen LogP contribution in [-0.2, 0) is 14.3 Å². The van der Waals surface area contributed by atoms with Crippen molar-refractivity contribution in [2.24, 2.45) is 5.92 Å². The van der Waals surface area contributed by atoms with Crippen LogP contribution < -0.4 is 5.32 Å². The van der Waals surface area contributed by atoms with Crippen molar-refractivity contribution in [1.82, 2.24) is 14.9 Å². The maximum absolute atomic E-state index is 12.4. The number of nitrogens with zero attached hydrogens (tertiary/aromatic N) is 2. The molecular weight excluding hydrogens is 394 g/mol. The smallest absolute Gasteiger partial charge is 0.407 e. The van der Waals surface area contributed by atoms with Crippen molar-refractivity contribution in [2.45, 2.75) is 91.2 Å². The van der Waals surface area contributed by atoms with Crippen LogP contribution in [0.4, 0.5) is 4.79 Å². The molecule has 1 aliphatic rings.